The van der Waals surface area contributed by atoms with Crippen LogP contribution >= 0.6 is 11.6 Å². The lowest BCUT2D eigenvalue weighted by atomic mass is 10.2. The molecule has 2 heterocycles. The van der Waals surface area contributed by atoms with Gasteiger partial charge in [0.15, 0.2) is 0 Å². The molecule has 3 nitrogen and oxygen atoms in total. The van der Waals surface area contributed by atoms with E-state index in [9.17, 15) is 0 Å². The van der Waals surface area contributed by atoms with Gasteiger partial charge in [0.2, 0.25) is 0 Å². The van der Waals surface area contributed by atoms with Crippen LogP contribution in [0.5, 0.6) is 5.75 Å². The molecule has 0 amide bonds. The SMILES string of the molecule is Cc1c(C)n(CC2CC2)c2c(OCc3ccc(Cl)cc3)ccnc12. The third-order valence-corrected chi connectivity index (χ3v) is 5.16. The van der Waals surface area contributed by atoms with Gasteiger partial charge in [0.1, 0.15) is 17.9 Å². The van der Waals surface area contributed by atoms with Crippen molar-refractivity contribution < 1.29 is 4.74 Å². The molecule has 1 fully saturated rings. The lowest BCUT2D eigenvalue weighted by Gasteiger charge is -2.12. The molecule has 0 bridgehead atoms. The van der Waals surface area contributed by atoms with E-state index in [-0.39, 0.29) is 0 Å². The maximum absolute atomic E-state index is 6.15. The minimum Gasteiger partial charge on any atom is -0.487 e. The van der Waals surface area contributed by atoms with E-state index in [0.717, 1.165) is 39.8 Å². The van der Waals surface area contributed by atoms with Crippen LogP contribution in [0.1, 0.15) is 29.7 Å². The number of nitrogens with zero attached hydrogens (tertiary/aromatic N) is 2. The highest BCUT2D eigenvalue weighted by Crippen LogP contribution is 2.36. The quantitative estimate of drug-likeness (QED) is 0.630. The highest BCUT2D eigenvalue weighted by atomic mass is 35.5. The summed E-state index contributed by atoms with van der Waals surface area (Å²) in [6, 6.07) is 9.76. The maximum atomic E-state index is 6.15. The molecule has 4 rings (SSSR count). The van der Waals surface area contributed by atoms with Gasteiger partial charge in [-0.3, -0.25) is 4.98 Å². The lowest BCUT2D eigenvalue weighted by molar-refractivity contribution is 0.308. The largest absolute Gasteiger partial charge is 0.487 e. The topological polar surface area (TPSA) is 27.1 Å². The summed E-state index contributed by atoms with van der Waals surface area (Å²) < 4.78 is 8.55. The number of pyridine rings is 1. The first-order valence-corrected chi connectivity index (χ1v) is 8.83. The van der Waals surface area contributed by atoms with E-state index in [2.05, 4.69) is 23.4 Å². The highest BCUT2D eigenvalue weighted by Gasteiger charge is 2.25. The van der Waals surface area contributed by atoms with Crippen LogP contribution in [0.15, 0.2) is 36.5 Å². The summed E-state index contributed by atoms with van der Waals surface area (Å²) in [6.07, 6.45) is 4.51. The van der Waals surface area contributed by atoms with Gasteiger partial charge in [-0.1, -0.05) is 23.7 Å². The Morgan fingerprint density at radius 3 is 2.62 bits per heavy atom. The molecule has 0 spiro atoms. The lowest BCUT2D eigenvalue weighted by Crippen LogP contribution is -2.04. The molecule has 0 N–H and O–H groups in total. The third-order valence-electron chi connectivity index (χ3n) is 4.91. The van der Waals surface area contributed by atoms with Crippen LogP contribution in [-0.2, 0) is 13.2 Å². The molecule has 1 aliphatic carbocycles. The second kappa shape index (κ2) is 6.14. The van der Waals surface area contributed by atoms with Crippen molar-refractivity contribution in [2.45, 2.75) is 39.8 Å². The van der Waals surface area contributed by atoms with E-state index in [0.29, 0.717) is 6.61 Å². The number of aryl methyl sites for hydroxylation is 1. The van der Waals surface area contributed by atoms with Crippen LogP contribution in [-0.4, -0.2) is 9.55 Å². The first kappa shape index (κ1) is 15.5. The van der Waals surface area contributed by atoms with Crippen LogP contribution in [0.25, 0.3) is 11.0 Å². The van der Waals surface area contributed by atoms with Crippen LogP contribution in [0.2, 0.25) is 5.02 Å². The van der Waals surface area contributed by atoms with Crippen molar-refractivity contribution >= 4 is 22.6 Å². The van der Waals surface area contributed by atoms with Crippen molar-refractivity contribution in [3.63, 3.8) is 0 Å². The normalized spacial score (nSPS) is 14.3. The van der Waals surface area contributed by atoms with Crippen molar-refractivity contribution in [1.29, 1.82) is 0 Å². The zero-order valence-electron chi connectivity index (χ0n) is 14.1. The van der Waals surface area contributed by atoms with Crippen molar-refractivity contribution in [2.24, 2.45) is 5.92 Å². The van der Waals surface area contributed by atoms with Crippen molar-refractivity contribution in [2.75, 3.05) is 0 Å². The molecule has 4 heteroatoms. The number of ether oxygens (including phenoxy) is 1. The Kier molecular flexibility index (Phi) is 3.97. The predicted octanol–water partition coefficient (Wildman–Crippen LogP) is 5.30. The number of halogens is 1. The molecule has 2 aromatic heterocycles. The summed E-state index contributed by atoms with van der Waals surface area (Å²) >= 11 is 5.95. The summed E-state index contributed by atoms with van der Waals surface area (Å²) in [5.74, 6) is 1.72. The molecule has 24 heavy (non-hydrogen) atoms. The maximum Gasteiger partial charge on any atom is 0.147 e. The van der Waals surface area contributed by atoms with Crippen molar-refractivity contribution in [3.8, 4) is 5.75 Å². The number of hydrogen-bond donors (Lipinski definition) is 0. The number of benzene rings is 1. The summed E-state index contributed by atoms with van der Waals surface area (Å²) in [6.45, 7) is 5.93. The van der Waals surface area contributed by atoms with E-state index in [1.807, 2.05) is 36.5 Å². The monoisotopic (exact) mass is 340 g/mol. The summed E-state index contributed by atoms with van der Waals surface area (Å²) in [4.78, 5) is 4.60. The second-order valence-electron chi connectivity index (χ2n) is 6.69. The number of aromatic nitrogens is 2. The zero-order chi connectivity index (χ0) is 16.7. The molecule has 0 unspecified atom stereocenters. The van der Waals surface area contributed by atoms with E-state index in [1.165, 1.54) is 24.1 Å². The minimum atomic E-state index is 0.531. The fourth-order valence-corrected chi connectivity index (χ4v) is 3.28. The molecular formula is C20H21ClN2O. The second-order valence-corrected chi connectivity index (χ2v) is 7.12. The van der Waals surface area contributed by atoms with Crippen molar-refractivity contribution in [1.82, 2.24) is 9.55 Å². The minimum absolute atomic E-state index is 0.531. The van der Waals surface area contributed by atoms with Crippen LogP contribution < -0.4 is 4.74 Å². The fourth-order valence-electron chi connectivity index (χ4n) is 3.16. The van der Waals surface area contributed by atoms with Crippen LogP contribution in [0.4, 0.5) is 0 Å². The average molecular weight is 341 g/mol. The van der Waals surface area contributed by atoms with E-state index >= 15 is 0 Å². The molecule has 0 radical (unpaired) electrons. The summed E-state index contributed by atoms with van der Waals surface area (Å²) in [7, 11) is 0. The van der Waals surface area contributed by atoms with E-state index in [4.69, 9.17) is 16.3 Å². The Labute approximate surface area is 147 Å². The number of rotatable bonds is 5. The zero-order valence-corrected chi connectivity index (χ0v) is 14.8. The van der Waals surface area contributed by atoms with E-state index < -0.39 is 0 Å². The fraction of sp³-hybridized carbons (Fsp3) is 0.350. The molecule has 0 atom stereocenters. The first-order chi connectivity index (χ1) is 11.6. The third kappa shape index (κ3) is 2.89. The van der Waals surface area contributed by atoms with Crippen molar-refractivity contribution in [3.05, 3.63) is 58.4 Å². The van der Waals surface area contributed by atoms with Crippen LogP contribution in [0, 0.1) is 19.8 Å². The number of fused-ring (bicyclic) bond motifs is 1. The molecule has 1 aliphatic rings. The standard InChI is InChI=1S/C20H21ClN2O/c1-13-14(2)23(11-15-3-4-15)20-18(9-10-22-19(13)20)24-12-16-5-7-17(21)8-6-16/h5-10,15H,3-4,11-12H2,1-2H3. The molecule has 0 saturated heterocycles. The van der Waals surface area contributed by atoms with E-state index in [1.54, 1.807) is 0 Å². The number of hydrogen-bond acceptors (Lipinski definition) is 2. The first-order valence-electron chi connectivity index (χ1n) is 8.45. The Bertz CT molecular complexity index is 879. The molecule has 1 saturated carbocycles. The van der Waals surface area contributed by atoms with Gasteiger partial charge in [-0.25, -0.2) is 0 Å². The summed E-state index contributed by atoms with van der Waals surface area (Å²) in [5, 5.41) is 0.745. The predicted molar refractivity (Wildman–Crippen MR) is 97.7 cm³/mol. The van der Waals surface area contributed by atoms with Crippen LogP contribution in [0.3, 0.4) is 0 Å². The molecular weight excluding hydrogens is 320 g/mol. The van der Waals surface area contributed by atoms with Gasteiger partial charge in [0, 0.05) is 29.5 Å². The van der Waals surface area contributed by atoms with Gasteiger partial charge in [-0.2, -0.15) is 0 Å². The smallest absolute Gasteiger partial charge is 0.147 e. The molecule has 3 aromatic rings. The Hall–Kier alpha value is -2.00. The highest BCUT2D eigenvalue weighted by molar-refractivity contribution is 6.30. The Balaban J connectivity index is 1.69. The van der Waals surface area contributed by atoms with Gasteiger partial charge < -0.3 is 9.30 Å². The van der Waals surface area contributed by atoms with Gasteiger partial charge in [0.05, 0.1) is 5.52 Å². The Morgan fingerprint density at radius 1 is 1.17 bits per heavy atom. The van der Waals surface area contributed by atoms with Gasteiger partial charge >= 0.3 is 0 Å². The molecule has 0 aliphatic heterocycles. The average Bonchev–Trinajstić information content (AvgIpc) is 3.38. The van der Waals surface area contributed by atoms with Gasteiger partial charge in [-0.15, -0.1) is 0 Å². The van der Waals surface area contributed by atoms with Gasteiger partial charge in [0.25, 0.3) is 0 Å². The molecule has 1 aromatic carbocycles. The molecule has 124 valence electrons. The van der Waals surface area contributed by atoms with Gasteiger partial charge in [-0.05, 0) is 55.9 Å². The summed E-state index contributed by atoms with van der Waals surface area (Å²) in [5.41, 5.74) is 5.85. The Morgan fingerprint density at radius 2 is 1.92 bits per heavy atom.